The van der Waals surface area contributed by atoms with Crippen molar-refractivity contribution in [3.05, 3.63) is 75.8 Å². The first kappa shape index (κ1) is 17.9. The minimum absolute atomic E-state index is 0.0519. The van der Waals surface area contributed by atoms with Crippen LogP contribution in [0, 0.1) is 10.1 Å². The van der Waals surface area contributed by atoms with Crippen LogP contribution in [0.2, 0.25) is 0 Å². The minimum atomic E-state index is -0.957. The van der Waals surface area contributed by atoms with Gasteiger partial charge in [0.25, 0.3) is 5.69 Å². The number of hydrogen-bond donors (Lipinski definition) is 1. The number of carbonyl (C=O) groups excluding carboxylic acids is 1. The Hall–Kier alpha value is -2.44. The first-order valence-electron chi connectivity index (χ1n) is 7.31. The Labute approximate surface area is 144 Å². The first-order valence-corrected chi connectivity index (χ1v) is 7.85. The Morgan fingerprint density at radius 3 is 2.33 bits per heavy atom. The standard InChI is InChI=1S/C17H17ClN2O4/c18-10-17(22)19(11-13-4-2-1-3-5-13)12-16(21)14-6-8-15(9-7-14)20(23)24/h1-9,16,21H,10-12H2/t16-/m0/s1. The number of nitrogens with zero attached hydrogens (tertiary/aromatic N) is 2. The lowest BCUT2D eigenvalue weighted by atomic mass is 10.1. The summed E-state index contributed by atoms with van der Waals surface area (Å²) in [6, 6.07) is 15.0. The highest BCUT2D eigenvalue weighted by Crippen LogP contribution is 2.19. The van der Waals surface area contributed by atoms with Crippen molar-refractivity contribution in [1.82, 2.24) is 4.90 Å². The van der Waals surface area contributed by atoms with Crippen molar-refractivity contribution in [2.75, 3.05) is 12.4 Å². The predicted octanol–water partition coefficient (Wildman–Crippen LogP) is 2.90. The van der Waals surface area contributed by atoms with E-state index in [9.17, 15) is 20.0 Å². The molecule has 6 nitrogen and oxygen atoms in total. The molecule has 126 valence electrons. The van der Waals surface area contributed by atoms with Gasteiger partial charge in [-0.1, -0.05) is 30.3 Å². The van der Waals surface area contributed by atoms with Gasteiger partial charge in [0.2, 0.25) is 5.91 Å². The second-order valence-corrected chi connectivity index (χ2v) is 5.53. The summed E-state index contributed by atoms with van der Waals surface area (Å²) in [4.78, 5) is 23.6. The number of benzene rings is 2. The minimum Gasteiger partial charge on any atom is -0.387 e. The van der Waals surface area contributed by atoms with E-state index in [4.69, 9.17) is 11.6 Å². The van der Waals surface area contributed by atoms with Gasteiger partial charge in [-0.25, -0.2) is 0 Å². The lowest BCUT2D eigenvalue weighted by Gasteiger charge is -2.25. The maximum Gasteiger partial charge on any atom is 0.269 e. The highest BCUT2D eigenvalue weighted by atomic mass is 35.5. The van der Waals surface area contributed by atoms with Crippen molar-refractivity contribution in [2.45, 2.75) is 12.6 Å². The van der Waals surface area contributed by atoms with Gasteiger partial charge >= 0.3 is 0 Å². The van der Waals surface area contributed by atoms with Crippen LogP contribution in [-0.4, -0.2) is 33.3 Å². The number of nitro benzene ring substituents is 1. The van der Waals surface area contributed by atoms with Gasteiger partial charge in [-0.15, -0.1) is 11.6 Å². The molecular weight excluding hydrogens is 332 g/mol. The third-order valence-electron chi connectivity index (χ3n) is 3.57. The number of nitro groups is 1. The van der Waals surface area contributed by atoms with Crippen LogP contribution in [0.5, 0.6) is 0 Å². The predicted molar refractivity (Wildman–Crippen MR) is 90.6 cm³/mol. The monoisotopic (exact) mass is 348 g/mol. The van der Waals surface area contributed by atoms with Crippen molar-refractivity contribution in [3.63, 3.8) is 0 Å². The van der Waals surface area contributed by atoms with E-state index in [1.807, 2.05) is 30.3 Å². The van der Waals surface area contributed by atoms with E-state index in [1.165, 1.54) is 29.2 Å². The Morgan fingerprint density at radius 1 is 1.17 bits per heavy atom. The molecule has 2 rings (SSSR count). The summed E-state index contributed by atoms with van der Waals surface area (Å²) in [5.41, 5.74) is 1.37. The number of alkyl halides is 1. The average molecular weight is 349 g/mol. The van der Waals surface area contributed by atoms with Crippen LogP contribution in [-0.2, 0) is 11.3 Å². The smallest absolute Gasteiger partial charge is 0.269 e. The molecule has 0 fully saturated rings. The van der Waals surface area contributed by atoms with Gasteiger partial charge in [-0.2, -0.15) is 0 Å². The van der Waals surface area contributed by atoms with Gasteiger partial charge in [0.15, 0.2) is 0 Å². The molecule has 24 heavy (non-hydrogen) atoms. The third kappa shape index (κ3) is 4.78. The van der Waals surface area contributed by atoms with E-state index in [2.05, 4.69) is 0 Å². The van der Waals surface area contributed by atoms with E-state index in [-0.39, 0.29) is 24.0 Å². The van der Waals surface area contributed by atoms with Crippen molar-refractivity contribution < 1.29 is 14.8 Å². The molecule has 0 aliphatic carbocycles. The maximum atomic E-state index is 12.0. The molecule has 1 atom stereocenters. The van der Waals surface area contributed by atoms with Crippen LogP contribution < -0.4 is 0 Å². The number of hydrogen-bond acceptors (Lipinski definition) is 4. The van der Waals surface area contributed by atoms with E-state index < -0.39 is 11.0 Å². The summed E-state index contributed by atoms with van der Waals surface area (Å²) >= 11 is 5.65. The molecule has 0 aromatic heterocycles. The molecule has 0 aliphatic heterocycles. The Bertz CT molecular complexity index is 691. The summed E-state index contributed by atoms with van der Waals surface area (Å²) in [5, 5.41) is 21.0. The summed E-state index contributed by atoms with van der Waals surface area (Å²) in [5.74, 6) is -0.471. The maximum absolute atomic E-state index is 12.0. The van der Waals surface area contributed by atoms with Crippen molar-refractivity contribution in [1.29, 1.82) is 0 Å². The zero-order valence-corrected chi connectivity index (χ0v) is 13.6. The van der Waals surface area contributed by atoms with E-state index >= 15 is 0 Å². The normalized spacial score (nSPS) is 11.8. The molecule has 0 unspecified atom stereocenters. The van der Waals surface area contributed by atoms with E-state index in [1.54, 1.807) is 0 Å². The summed E-state index contributed by atoms with van der Waals surface area (Å²) in [7, 11) is 0. The number of rotatable bonds is 7. The molecule has 0 heterocycles. The van der Waals surface area contributed by atoms with Crippen molar-refractivity contribution in [3.8, 4) is 0 Å². The van der Waals surface area contributed by atoms with Gasteiger partial charge in [0, 0.05) is 18.7 Å². The highest BCUT2D eigenvalue weighted by molar-refractivity contribution is 6.27. The van der Waals surface area contributed by atoms with Crippen LogP contribution in [0.25, 0.3) is 0 Å². The van der Waals surface area contributed by atoms with Crippen LogP contribution in [0.3, 0.4) is 0 Å². The van der Waals surface area contributed by atoms with Gasteiger partial charge in [0.1, 0.15) is 5.88 Å². The molecule has 0 radical (unpaired) electrons. The molecule has 2 aromatic carbocycles. The molecular formula is C17H17ClN2O4. The number of aliphatic hydroxyl groups is 1. The van der Waals surface area contributed by atoms with Crippen molar-refractivity contribution in [2.24, 2.45) is 0 Å². The van der Waals surface area contributed by atoms with Crippen LogP contribution >= 0.6 is 11.6 Å². The zero-order valence-electron chi connectivity index (χ0n) is 12.8. The van der Waals surface area contributed by atoms with E-state index in [0.29, 0.717) is 12.1 Å². The van der Waals surface area contributed by atoms with Crippen molar-refractivity contribution >= 4 is 23.2 Å². The fourth-order valence-electron chi connectivity index (χ4n) is 2.28. The topological polar surface area (TPSA) is 83.7 Å². The average Bonchev–Trinajstić information content (AvgIpc) is 2.61. The number of halogens is 1. The molecule has 0 saturated heterocycles. The molecule has 2 aromatic rings. The molecule has 0 saturated carbocycles. The first-order chi connectivity index (χ1) is 11.5. The fourth-order valence-corrected chi connectivity index (χ4v) is 2.44. The largest absolute Gasteiger partial charge is 0.387 e. The number of amides is 1. The number of aliphatic hydroxyl groups excluding tert-OH is 1. The Kier molecular flexibility index (Phi) is 6.28. The Balaban J connectivity index is 2.10. The van der Waals surface area contributed by atoms with Gasteiger partial charge < -0.3 is 10.0 Å². The molecule has 7 heteroatoms. The SMILES string of the molecule is O=C(CCl)N(Cc1ccccc1)C[C@H](O)c1ccc([N+](=O)[O-])cc1. The highest BCUT2D eigenvalue weighted by Gasteiger charge is 2.19. The molecule has 1 N–H and O–H groups in total. The van der Waals surface area contributed by atoms with Gasteiger partial charge in [-0.05, 0) is 23.3 Å². The molecule has 0 aliphatic rings. The summed E-state index contributed by atoms with van der Waals surface area (Å²) in [6.07, 6.45) is -0.957. The zero-order chi connectivity index (χ0) is 17.5. The lowest BCUT2D eigenvalue weighted by molar-refractivity contribution is -0.384. The van der Waals surface area contributed by atoms with Gasteiger partial charge in [0.05, 0.1) is 17.6 Å². The second-order valence-electron chi connectivity index (χ2n) is 5.26. The molecule has 0 bridgehead atoms. The van der Waals surface area contributed by atoms with Crippen LogP contribution in [0.15, 0.2) is 54.6 Å². The summed E-state index contributed by atoms with van der Waals surface area (Å²) in [6.45, 7) is 0.384. The molecule has 0 spiro atoms. The quantitative estimate of drug-likeness (QED) is 0.473. The van der Waals surface area contributed by atoms with E-state index in [0.717, 1.165) is 5.56 Å². The fraction of sp³-hybridized carbons (Fsp3) is 0.235. The number of carbonyl (C=O) groups is 1. The van der Waals surface area contributed by atoms with Crippen LogP contribution in [0.4, 0.5) is 5.69 Å². The van der Waals surface area contributed by atoms with Crippen LogP contribution in [0.1, 0.15) is 17.2 Å². The Morgan fingerprint density at radius 2 is 1.79 bits per heavy atom. The third-order valence-corrected chi connectivity index (χ3v) is 3.79. The second kappa shape index (κ2) is 8.42. The molecule has 1 amide bonds. The van der Waals surface area contributed by atoms with Gasteiger partial charge in [-0.3, -0.25) is 14.9 Å². The number of non-ortho nitro benzene ring substituents is 1. The summed E-state index contributed by atoms with van der Waals surface area (Å²) < 4.78 is 0. The lowest BCUT2D eigenvalue weighted by Crippen LogP contribution is -2.35.